The average Bonchev–Trinajstić information content (AvgIpc) is 3.07. The molecule has 0 spiro atoms. The highest BCUT2D eigenvalue weighted by atomic mass is 16.5. The van der Waals surface area contributed by atoms with Crippen molar-refractivity contribution >= 4 is 12.1 Å². The normalized spacial score (nSPS) is 10.9. The summed E-state index contributed by atoms with van der Waals surface area (Å²) in [7, 11) is 3.07. The molecule has 7 heteroatoms. The summed E-state index contributed by atoms with van der Waals surface area (Å²) in [5.41, 5.74) is 6.98. The summed E-state index contributed by atoms with van der Waals surface area (Å²) >= 11 is 0. The van der Waals surface area contributed by atoms with Crippen molar-refractivity contribution in [2.45, 2.75) is 20.8 Å². The maximum atomic E-state index is 12.5. The van der Waals surface area contributed by atoms with Gasteiger partial charge in [0.1, 0.15) is 17.2 Å². The fraction of sp³-hybridized carbons (Fsp3) is 0.250. The molecule has 1 aromatic heterocycles. The van der Waals surface area contributed by atoms with E-state index in [1.807, 2.05) is 51.1 Å². The molecule has 1 N–H and O–H groups in total. The fourth-order valence-corrected chi connectivity index (χ4v) is 3.34. The van der Waals surface area contributed by atoms with Gasteiger partial charge in [-0.15, -0.1) is 0 Å². The van der Waals surface area contributed by atoms with Gasteiger partial charge in [-0.25, -0.2) is 5.43 Å². The van der Waals surface area contributed by atoms with Crippen LogP contribution >= 0.6 is 0 Å². The zero-order chi connectivity index (χ0) is 22.4. The minimum absolute atomic E-state index is 0.353. The first-order valence-corrected chi connectivity index (χ1v) is 9.95. The zero-order valence-corrected chi connectivity index (χ0v) is 18.4. The lowest BCUT2D eigenvalue weighted by Gasteiger charge is -2.11. The lowest BCUT2D eigenvalue weighted by atomic mass is 10.2. The molecule has 0 saturated heterocycles. The maximum absolute atomic E-state index is 12.5. The Morgan fingerprint density at radius 2 is 1.65 bits per heavy atom. The third-order valence-electron chi connectivity index (χ3n) is 4.86. The van der Waals surface area contributed by atoms with Gasteiger partial charge in [0.15, 0.2) is 0 Å². The predicted octanol–water partition coefficient (Wildman–Crippen LogP) is 4.27. The molecule has 162 valence electrons. The van der Waals surface area contributed by atoms with Gasteiger partial charge in [0.25, 0.3) is 5.91 Å². The molecule has 0 aliphatic rings. The number of ether oxygens (including phenoxy) is 3. The van der Waals surface area contributed by atoms with Gasteiger partial charge >= 0.3 is 0 Å². The molecule has 0 radical (unpaired) electrons. The molecule has 0 aliphatic heterocycles. The lowest BCUT2D eigenvalue weighted by molar-refractivity contribution is 0.0954. The Morgan fingerprint density at radius 3 is 2.23 bits per heavy atom. The van der Waals surface area contributed by atoms with E-state index >= 15 is 0 Å². The van der Waals surface area contributed by atoms with Crippen LogP contribution in [0.4, 0.5) is 0 Å². The van der Waals surface area contributed by atoms with Crippen molar-refractivity contribution in [1.29, 1.82) is 0 Å². The van der Waals surface area contributed by atoms with Gasteiger partial charge in [-0.2, -0.15) is 5.10 Å². The van der Waals surface area contributed by atoms with E-state index in [4.69, 9.17) is 14.2 Å². The van der Waals surface area contributed by atoms with Gasteiger partial charge in [0, 0.05) is 34.3 Å². The molecular weight excluding hydrogens is 394 g/mol. The summed E-state index contributed by atoms with van der Waals surface area (Å²) in [5.74, 6) is 1.56. The molecule has 7 nitrogen and oxygen atoms in total. The van der Waals surface area contributed by atoms with Crippen LogP contribution in [-0.2, 0) is 0 Å². The molecule has 3 rings (SSSR count). The molecule has 0 unspecified atom stereocenters. The van der Waals surface area contributed by atoms with E-state index in [1.165, 1.54) is 14.2 Å². The number of benzene rings is 2. The molecule has 2 aromatic carbocycles. The molecule has 0 aliphatic carbocycles. The van der Waals surface area contributed by atoms with E-state index in [-0.39, 0.29) is 5.91 Å². The summed E-state index contributed by atoms with van der Waals surface area (Å²) in [4.78, 5) is 12.5. The van der Waals surface area contributed by atoms with E-state index in [9.17, 15) is 4.79 Å². The number of hydrogen-bond donors (Lipinski definition) is 1. The number of rotatable bonds is 8. The Bertz CT molecular complexity index is 1060. The van der Waals surface area contributed by atoms with Crippen molar-refractivity contribution in [3.63, 3.8) is 0 Å². The fourth-order valence-electron chi connectivity index (χ4n) is 3.34. The van der Waals surface area contributed by atoms with Gasteiger partial charge in [0.05, 0.1) is 27.0 Å². The van der Waals surface area contributed by atoms with Crippen molar-refractivity contribution in [2.24, 2.45) is 5.10 Å². The van der Waals surface area contributed by atoms with Crippen molar-refractivity contribution < 1.29 is 19.0 Å². The number of aryl methyl sites for hydroxylation is 1. The topological polar surface area (TPSA) is 74.1 Å². The average molecular weight is 421 g/mol. The molecule has 1 heterocycles. The summed E-state index contributed by atoms with van der Waals surface area (Å²) < 4.78 is 18.1. The number of hydrogen-bond acceptors (Lipinski definition) is 5. The van der Waals surface area contributed by atoms with Crippen molar-refractivity contribution in [2.75, 3.05) is 20.8 Å². The van der Waals surface area contributed by atoms with Crippen LogP contribution in [0.3, 0.4) is 0 Å². The van der Waals surface area contributed by atoms with Gasteiger partial charge in [-0.05, 0) is 63.2 Å². The Labute approximate surface area is 182 Å². The van der Waals surface area contributed by atoms with E-state index < -0.39 is 0 Å². The molecule has 1 amide bonds. The Morgan fingerprint density at radius 1 is 1.00 bits per heavy atom. The van der Waals surface area contributed by atoms with Crippen LogP contribution in [0.1, 0.15) is 34.2 Å². The van der Waals surface area contributed by atoms with E-state index in [0.717, 1.165) is 28.4 Å². The van der Waals surface area contributed by atoms with Crippen molar-refractivity contribution in [3.8, 4) is 22.9 Å². The summed E-state index contributed by atoms with van der Waals surface area (Å²) in [6, 6.07) is 14.9. The largest absolute Gasteiger partial charge is 0.497 e. The van der Waals surface area contributed by atoms with E-state index in [2.05, 4.69) is 15.1 Å². The van der Waals surface area contributed by atoms with Crippen LogP contribution in [-0.4, -0.2) is 37.5 Å². The standard InChI is InChI=1S/C24H27N3O4/c1-6-31-21-9-7-20(8-10-21)27-16(2)11-19(17(27)3)15-25-26-24(28)18-12-22(29-4)14-23(13-18)30-5/h7-15H,6H2,1-5H3,(H,26,28)/b25-15-. The predicted molar refractivity (Wildman–Crippen MR) is 121 cm³/mol. The molecule has 0 fully saturated rings. The van der Waals surface area contributed by atoms with Gasteiger partial charge in [-0.1, -0.05) is 0 Å². The number of carbonyl (C=O) groups is 1. The first kappa shape index (κ1) is 22.0. The minimum Gasteiger partial charge on any atom is -0.497 e. The Hall–Kier alpha value is -3.74. The third-order valence-corrected chi connectivity index (χ3v) is 4.86. The van der Waals surface area contributed by atoms with E-state index in [1.54, 1.807) is 24.4 Å². The first-order chi connectivity index (χ1) is 15.0. The van der Waals surface area contributed by atoms with Crippen LogP contribution in [0.5, 0.6) is 17.2 Å². The van der Waals surface area contributed by atoms with Crippen LogP contribution in [0.25, 0.3) is 5.69 Å². The summed E-state index contributed by atoms with van der Waals surface area (Å²) in [6.07, 6.45) is 1.64. The molecule has 0 atom stereocenters. The highest BCUT2D eigenvalue weighted by molar-refractivity contribution is 5.95. The number of amides is 1. The molecule has 3 aromatic rings. The number of aromatic nitrogens is 1. The van der Waals surface area contributed by atoms with Crippen molar-refractivity contribution in [3.05, 3.63) is 71.0 Å². The van der Waals surface area contributed by atoms with Crippen LogP contribution in [0.2, 0.25) is 0 Å². The summed E-state index contributed by atoms with van der Waals surface area (Å²) in [5, 5.41) is 4.14. The number of nitrogens with zero attached hydrogens (tertiary/aromatic N) is 2. The number of hydrazone groups is 1. The van der Waals surface area contributed by atoms with Crippen LogP contribution in [0.15, 0.2) is 53.6 Å². The lowest BCUT2D eigenvalue weighted by Crippen LogP contribution is -2.17. The van der Waals surface area contributed by atoms with Gasteiger partial charge < -0.3 is 18.8 Å². The molecule has 0 bridgehead atoms. The van der Waals surface area contributed by atoms with Crippen molar-refractivity contribution in [1.82, 2.24) is 9.99 Å². The number of nitrogens with one attached hydrogen (secondary N) is 1. The highest BCUT2D eigenvalue weighted by Gasteiger charge is 2.11. The Kier molecular flexibility index (Phi) is 6.97. The van der Waals surface area contributed by atoms with Gasteiger partial charge in [-0.3, -0.25) is 4.79 Å². The van der Waals surface area contributed by atoms with Gasteiger partial charge in [0.2, 0.25) is 0 Å². The first-order valence-electron chi connectivity index (χ1n) is 9.95. The minimum atomic E-state index is -0.353. The smallest absolute Gasteiger partial charge is 0.271 e. The second-order valence-corrected chi connectivity index (χ2v) is 6.89. The maximum Gasteiger partial charge on any atom is 0.271 e. The summed E-state index contributed by atoms with van der Waals surface area (Å²) in [6.45, 7) is 6.64. The Balaban J connectivity index is 1.76. The molecule has 0 saturated carbocycles. The number of methoxy groups -OCH3 is 2. The SMILES string of the molecule is CCOc1ccc(-n2c(C)cc(/C=N\NC(=O)c3cc(OC)cc(OC)c3)c2C)cc1. The second kappa shape index (κ2) is 9.84. The second-order valence-electron chi connectivity index (χ2n) is 6.89. The zero-order valence-electron chi connectivity index (χ0n) is 18.4. The quantitative estimate of drug-likeness (QED) is 0.435. The van der Waals surface area contributed by atoms with E-state index in [0.29, 0.717) is 23.7 Å². The van der Waals surface area contributed by atoms with Crippen LogP contribution < -0.4 is 19.6 Å². The monoisotopic (exact) mass is 421 g/mol. The molecular formula is C24H27N3O4. The highest BCUT2D eigenvalue weighted by Crippen LogP contribution is 2.23. The van der Waals surface area contributed by atoms with Crippen LogP contribution in [0, 0.1) is 13.8 Å². The third kappa shape index (κ3) is 5.06. The molecule has 31 heavy (non-hydrogen) atoms. The number of carbonyl (C=O) groups excluding carboxylic acids is 1.